The lowest BCUT2D eigenvalue weighted by Gasteiger charge is -2.20. The Balaban J connectivity index is 1.62. The molecule has 0 fully saturated rings. The maximum atomic E-state index is 12.8. The van der Waals surface area contributed by atoms with Crippen molar-refractivity contribution in [2.75, 3.05) is 0 Å². The summed E-state index contributed by atoms with van der Waals surface area (Å²) in [5, 5.41) is 7.15. The lowest BCUT2D eigenvalue weighted by molar-refractivity contribution is -0.156. The van der Waals surface area contributed by atoms with Gasteiger partial charge in [0.05, 0.1) is 17.7 Å². The molecule has 0 saturated carbocycles. The first-order valence-corrected chi connectivity index (χ1v) is 10.3. The number of carbonyl (C=O) groups is 3. The predicted octanol–water partition coefficient (Wildman–Crippen LogP) is 2.93. The molecule has 0 aliphatic heterocycles. The second-order valence-corrected chi connectivity index (χ2v) is 7.52. The molecule has 30 heavy (non-hydrogen) atoms. The van der Waals surface area contributed by atoms with E-state index in [4.69, 9.17) is 9.15 Å². The Kier molecular flexibility index (Phi) is 7.40. The highest BCUT2D eigenvalue weighted by atomic mass is 32.1. The molecule has 0 aliphatic rings. The molecule has 2 aromatic heterocycles. The second-order valence-electron chi connectivity index (χ2n) is 6.57. The van der Waals surface area contributed by atoms with Crippen molar-refractivity contribution in [3.63, 3.8) is 0 Å². The van der Waals surface area contributed by atoms with Crippen LogP contribution in [0.15, 0.2) is 70.7 Å². The summed E-state index contributed by atoms with van der Waals surface area (Å²) in [6, 6.07) is 15.2. The van der Waals surface area contributed by atoms with E-state index < -0.39 is 24.0 Å². The molecule has 8 heteroatoms. The predicted molar refractivity (Wildman–Crippen MR) is 112 cm³/mol. The largest absolute Gasteiger partial charge is 0.467 e. The first-order valence-electron chi connectivity index (χ1n) is 9.42. The van der Waals surface area contributed by atoms with Gasteiger partial charge < -0.3 is 19.8 Å². The van der Waals surface area contributed by atoms with Gasteiger partial charge in [0.15, 0.2) is 6.10 Å². The Morgan fingerprint density at radius 1 is 1.07 bits per heavy atom. The van der Waals surface area contributed by atoms with Crippen molar-refractivity contribution in [2.45, 2.75) is 32.0 Å². The number of ether oxygens (including phenoxy) is 1. The Morgan fingerprint density at radius 3 is 2.53 bits per heavy atom. The van der Waals surface area contributed by atoms with Crippen LogP contribution >= 0.6 is 11.3 Å². The molecule has 1 aromatic carbocycles. The quantitative estimate of drug-likeness (QED) is 0.513. The van der Waals surface area contributed by atoms with E-state index in [1.165, 1.54) is 24.5 Å². The maximum absolute atomic E-state index is 12.8. The number of hydrogen-bond acceptors (Lipinski definition) is 6. The summed E-state index contributed by atoms with van der Waals surface area (Å²) in [7, 11) is 0. The highest BCUT2D eigenvalue weighted by molar-refractivity contribution is 7.12. The van der Waals surface area contributed by atoms with E-state index in [2.05, 4.69) is 10.6 Å². The molecule has 2 atom stereocenters. The number of amides is 2. The van der Waals surface area contributed by atoms with Crippen LogP contribution in [-0.2, 0) is 27.3 Å². The van der Waals surface area contributed by atoms with Gasteiger partial charge in [-0.3, -0.25) is 9.59 Å². The number of hydrogen-bond donors (Lipinski definition) is 2. The number of rotatable bonds is 9. The molecule has 2 N–H and O–H groups in total. The Morgan fingerprint density at radius 2 is 1.87 bits per heavy atom. The van der Waals surface area contributed by atoms with Gasteiger partial charge in [0.1, 0.15) is 11.8 Å². The number of esters is 1. The summed E-state index contributed by atoms with van der Waals surface area (Å²) in [5.74, 6) is -0.906. The van der Waals surface area contributed by atoms with Gasteiger partial charge in [-0.25, -0.2) is 4.79 Å². The van der Waals surface area contributed by atoms with Crippen molar-refractivity contribution in [2.24, 2.45) is 0 Å². The zero-order valence-corrected chi connectivity index (χ0v) is 17.2. The molecule has 0 aliphatic carbocycles. The average molecular weight is 426 g/mol. The number of carbonyl (C=O) groups excluding carboxylic acids is 3. The molecule has 156 valence electrons. The van der Waals surface area contributed by atoms with Crippen molar-refractivity contribution in [3.05, 3.63) is 82.4 Å². The Hall–Kier alpha value is -3.39. The lowest BCUT2D eigenvalue weighted by Crippen LogP contribution is -2.46. The second kappa shape index (κ2) is 10.4. The summed E-state index contributed by atoms with van der Waals surface area (Å²) in [5.41, 5.74) is 0.862. The highest BCUT2D eigenvalue weighted by Gasteiger charge is 2.27. The monoisotopic (exact) mass is 426 g/mol. The van der Waals surface area contributed by atoms with Gasteiger partial charge >= 0.3 is 5.97 Å². The van der Waals surface area contributed by atoms with Crippen LogP contribution in [0.1, 0.15) is 27.9 Å². The van der Waals surface area contributed by atoms with Crippen molar-refractivity contribution in [1.82, 2.24) is 10.6 Å². The van der Waals surface area contributed by atoms with Gasteiger partial charge in [0.25, 0.3) is 11.8 Å². The minimum absolute atomic E-state index is 0.191. The summed E-state index contributed by atoms with van der Waals surface area (Å²) >= 11 is 1.28. The van der Waals surface area contributed by atoms with Crippen LogP contribution in [0.5, 0.6) is 0 Å². The number of thiophene rings is 1. The summed E-state index contributed by atoms with van der Waals surface area (Å²) in [6.07, 6.45) is 0.733. The summed E-state index contributed by atoms with van der Waals surface area (Å²) in [6.45, 7) is 1.67. The third-order valence-electron chi connectivity index (χ3n) is 4.30. The minimum atomic E-state index is -1.02. The van der Waals surface area contributed by atoms with Gasteiger partial charge in [-0.2, -0.15) is 0 Å². The van der Waals surface area contributed by atoms with Crippen molar-refractivity contribution in [1.29, 1.82) is 0 Å². The molecule has 0 radical (unpaired) electrons. The molecule has 0 unspecified atom stereocenters. The number of nitrogens with one attached hydrogen (secondary N) is 2. The topological polar surface area (TPSA) is 97.6 Å². The van der Waals surface area contributed by atoms with Crippen molar-refractivity contribution in [3.8, 4) is 0 Å². The number of furan rings is 1. The molecule has 3 rings (SSSR count). The first kappa shape index (κ1) is 21.3. The molecular weight excluding hydrogens is 404 g/mol. The fraction of sp³-hybridized carbons (Fsp3) is 0.227. The van der Waals surface area contributed by atoms with Crippen LogP contribution in [0.3, 0.4) is 0 Å². The smallest absolute Gasteiger partial charge is 0.329 e. The standard InChI is InChI=1S/C22H22N2O5S/c1-15(20(25)23-14-17-9-5-11-28-17)29-22(27)18(13-16-7-3-2-4-8-16)24-21(26)19-10-6-12-30-19/h2-12,15,18H,13-14H2,1H3,(H,23,25)(H,24,26)/t15-,18-/m1/s1. The molecule has 0 bridgehead atoms. The van der Waals surface area contributed by atoms with Gasteiger partial charge in [0, 0.05) is 6.42 Å². The van der Waals surface area contributed by atoms with Crippen LogP contribution in [0.4, 0.5) is 0 Å². The zero-order chi connectivity index (χ0) is 21.3. The van der Waals surface area contributed by atoms with E-state index in [9.17, 15) is 14.4 Å². The van der Waals surface area contributed by atoms with Gasteiger partial charge in [-0.15, -0.1) is 11.3 Å². The van der Waals surface area contributed by atoms with E-state index in [0.717, 1.165) is 5.56 Å². The van der Waals surface area contributed by atoms with E-state index >= 15 is 0 Å². The molecule has 7 nitrogen and oxygen atoms in total. The first-order chi connectivity index (χ1) is 14.5. The molecule has 3 aromatic rings. The maximum Gasteiger partial charge on any atom is 0.329 e. The van der Waals surface area contributed by atoms with Crippen LogP contribution in [0, 0.1) is 0 Å². The molecular formula is C22H22N2O5S. The molecule has 0 spiro atoms. The highest BCUT2D eigenvalue weighted by Crippen LogP contribution is 2.11. The van der Waals surface area contributed by atoms with Crippen LogP contribution in [0.25, 0.3) is 0 Å². The average Bonchev–Trinajstić information content (AvgIpc) is 3.46. The van der Waals surface area contributed by atoms with Gasteiger partial charge in [0.2, 0.25) is 0 Å². The van der Waals surface area contributed by atoms with E-state index in [1.54, 1.807) is 29.6 Å². The molecule has 0 saturated heterocycles. The fourth-order valence-corrected chi connectivity index (χ4v) is 3.35. The Labute approximate surface area is 178 Å². The van der Waals surface area contributed by atoms with E-state index in [-0.39, 0.29) is 18.9 Å². The van der Waals surface area contributed by atoms with Crippen LogP contribution in [0.2, 0.25) is 0 Å². The van der Waals surface area contributed by atoms with Gasteiger partial charge in [-0.1, -0.05) is 36.4 Å². The summed E-state index contributed by atoms with van der Waals surface area (Å²) < 4.78 is 10.5. The molecule has 2 amide bonds. The van der Waals surface area contributed by atoms with Crippen molar-refractivity contribution >= 4 is 29.1 Å². The minimum Gasteiger partial charge on any atom is -0.467 e. The van der Waals surface area contributed by atoms with Gasteiger partial charge in [-0.05, 0) is 36.1 Å². The Bertz CT molecular complexity index is 955. The third-order valence-corrected chi connectivity index (χ3v) is 5.17. The van der Waals surface area contributed by atoms with E-state index in [1.807, 2.05) is 30.3 Å². The third kappa shape index (κ3) is 6.05. The van der Waals surface area contributed by atoms with Crippen LogP contribution in [-0.4, -0.2) is 29.9 Å². The lowest BCUT2D eigenvalue weighted by atomic mass is 10.1. The summed E-state index contributed by atoms with van der Waals surface area (Å²) in [4.78, 5) is 38.0. The molecule has 2 heterocycles. The van der Waals surface area contributed by atoms with E-state index in [0.29, 0.717) is 10.6 Å². The number of benzene rings is 1. The SMILES string of the molecule is C[C@@H](OC(=O)[C@@H](Cc1ccccc1)NC(=O)c1cccs1)C(=O)NCc1ccco1. The normalized spacial score (nSPS) is 12.6. The van der Waals surface area contributed by atoms with Crippen LogP contribution < -0.4 is 10.6 Å². The van der Waals surface area contributed by atoms with Crippen molar-refractivity contribution < 1.29 is 23.5 Å². The fourth-order valence-electron chi connectivity index (χ4n) is 2.72. The zero-order valence-electron chi connectivity index (χ0n) is 16.4.